The molecule has 0 aliphatic carbocycles. The van der Waals surface area contributed by atoms with Crippen LogP contribution in [0.3, 0.4) is 0 Å². The maximum Gasteiger partial charge on any atom is 0.0876 e. The predicted octanol–water partition coefficient (Wildman–Crippen LogP) is 3.05. The SMILES string of the molecule is OC(Cc1ccc(Br)cc1)C1=COCCC1. The van der Waals surface area contributed by atoms with Crippen molar-refractivity contribution in [3.05, 3.63) is 46.1 Å². The van der Waals surface area contributed by atoms with Crippen molar-refractivity contribution in [3.8, 4) is 0 Å². The topological polar surface area (TPSA) is 29.5 Å². The summed E-state index contributed by atoms with van der Waals surface area (Å²) in [6, 6.07) is 8.04. The Bertz CT molecular complexity index is 370. The Hall–Kier alpha value is -0.800. The molecule has 0 saturated heterocycles. The number of halogens is 1. The molecule has 1 heterocycles. The standard InChI is InChI=1S/C13H15BrO2/c14-12-5-3-10(4-6-12)8-13(15)11-2-1-7-16-9-11/h3-6,9,13,15H,1-2,7-8H2. The number of hydrogen-bond donors (Lipinski definition) is 1. The van der Waals surface area contributed by atoms with Gasteiger partial charge >= 0.3 is 0 Å². The van der Waals surface area contributed by atoms with Crippen molar-refractivity contribution in [3.63, 3.8) is 0 Å². The van der Waals surface area contributed by atoms with Gasteiger partial charge in [0.25, 0.3) is 0 Å². The normalized spacial score (nSPS) is 17.5. The fourth-order valence-corrected chi connectivity index (χ4v) is 2.07. The van der Waals surface area contributed by atoms with Gasteiger partial charge in [-0.1, -0.05) is 28.1 Å². The molecule has 1 N–H and O–H groups in total. The van der Waals surface area contributed by atoms with Gasteiger partial charge in [0.15, 0.2) is 0 Å². The van der Waals surface area contributed by atoms with Crippen LogP contribution < -0.4 is 0 Å². The molecule has 0 radical (unpaired) electrons. The number of aliphatic hydroxyl groups is 1. The van der Waals surface area contributed by atoms with E-state index in [2.05, 4.69) is 15.9 Å². The monoisotopic (exact) mass is 282 g/mol. The van der Waals surface area contributed by atoms with Gasteiger partial charge in [-0.05, 0) is 36.1 Å². The van der Waals surface area contributed by atoms with E-state index in [1.807, 2.05) is 24.3 Å². The number of aliphatic hydroxyl groups excluding tert-OH is 1. The van der Waals surface area contributed by atoms with Crippen molar-refractivity contribution in [1.82, 2.24) is 0 Å². The molecule has 0 aromatic heterocycles. The lowest BCUT2D eigenvalue weighted by Crippen LogP contribution is -2.17. The molecule has 86 valence electrons. The Morgan fingerprint density at radius 1 is 1.31 bits per heavy atom. The fourth-order valence-electron chi connectivity index (χ4n) is 1.80. The quantitative estimate of drug-likeness (QED) is 0.924. The summed E-state index contributed by atoms with van der Waals surface area (Å²) in [6.07, 6.45) is 3.90. The number of hydrogen-bond acceptors (Lipinski definition) is 2. The van der Waals surface area contributed by atoms with E-state index in [1.165, 1.54) is 0 Å². The van der Waals surface area contributed by atoms with Gasteiger partial charge in [0, 0.05) is 10.9 Å². The maximum atomic E-state index is 10.0. The fraction of sp³-hybridized carbons (Fsp3) is 0.385. The summed E-state index contributed by atoms with van der Waals surface area (Å²) in [5.74, 6) is 0. The highest BCUT2D eigenvalue weighted by molar-refractivity contribution is 9.10. The van der Waals surface area contributed by atoms with Crippen molar-refractivity contribution in [2.75, 3.05) is 6.61 Å². The van der Waals surface area contributed by atoms with E-state index in [0.29, 0.717) is 6.42 Å². The average molecular weight is 283 g/mol. The first-order valence-electron chi connectivity index (χ1n) is 5.49. The van der Waals surface area contributed by atoms with E-state index >= 15 is 0 Å². The van der Waals surface area contributed by atoms with E-state index in [9.17, 15) is 5.11 Å². The molecule has 1 aliphatic rings. The second-order valence-electron chi connectivity index (χ2n) is 4.01. The van der Waals surface area contributed by atoms with Crippen LogP contribution in [0.15, 0.2) is 40.6 Å². The van der Waals surface area contributed by atoms with Crippen LogP contribution in [0.2, 0.25) is 0 Å². The summed E-state index contributed by atoms with van der Waals surface area (Å²) in [6.45, 7) is 0.772. The van der Waals surface area contributed by atoms with E-state index in [1.54, 1.807) is 6.26 Å². The summed E-state index contributed by atoms with van der Waals surface area (Å²) >= 11 is 3.39. The Morgan fingerprint density at radius 3 is 2.69 bits per heavy atom. The molecule has 0 amide bonds. The molecule has 0 saturated carbocycles. The van der Waals surface area contributed by atoms with Crippen LogP contribution >= 0.6 is 15.9 Å². The third kappa shape index (κ3) is 3.09. The van der Waals surface area contributed by atoms with Gasteiger partial charge in [0.2, 0.25) is 0 Å². The first kappa shape index (κ1) is 11.7. The van der Waals surface area contributed by atoms with E-state index in [-0.39, 0.29) is 0 Å². The van der Waals surface area contributed by atoms with Crippen molar-refractivity contribution < 1.29 is 9.84 Å². The zero-order valence-corrected chi connectivity index (χ0v) is 10.6. The van der Waals surface area contributed by atoms with Crippen LogP contribution in [0.25, 0.3) is 0 Å². The van der Waals surface area contributed by atoms with Gasteiger partial charge in [-0.2, -0.15) is 0 Å². The molecule has 3 heteroatoms. The summed E-state index contributed by atoms with van der Waals surface area (Å²) < 4.78 is 6.29. The van der Waals surface area contributed by atoms with E-state index < -0.39 is 6.10 Å². The summed E-state index contributed by atoms with van der Waals surface area (Å²) in [5, 5.41) is 10.0. The Morgan fingerprint density at radius 2 is 2.06 bits per heavy atom. The summed E-state index contributed by atoms with van der Waals surface area (Å²) in [4.78, 5) is 0. The zero-order chi connectivity index (χ0) is 11.4. The minimum Gasteiger partial charge on any atom is -0.501 e. The number of benzene rings is 1. The second kappa shape index (κ2) is 5.51. The van der Waals surface area contributed by atoms with Crippen LogP contribution in [0.5, 0.6) is 0 Å². The van der Waals surface area contributed by atoms with Gasteiger partial charge in [-0.15, -0.1) is 0 Å². The first-order valence-corrected chi connectivity index (χ1v) is 6.28. The van der Waals surface area contributed by atoms with Crippen LogP contribution in [0, 0.1) is 0 Å². The maximum absolute atomic E-state index is 10.0. The van der Waals surface area contributed by atoms with Crippen LogP contribution in [-0.2, 0) is 11.2 Å². The molecule has 0 fully saturated rings. The predicted molar refractivity (Wildman–Crippen MR) is 67.1 cm³/mol. The first-order chi connectivity index (χ1) is 7.75. The molecule has 1 atom stereocenters. The van der Waals surface area contributed by atoms with Gasteiger partial charge in [-0.3, -0.25) is 0 Å². The van der Waals surface area contributed by atoms with E-state index in [4.69, 9.17) is 4.74 Å². The largest absolute Gasteiger partial charge is 0.501 e. The molecule has 0 bridgehead atoms. The molecular weight excluding hydrogens is 268 g/mol. The zero-order valence-electron chi connectivity index (χ0n) is 9.03. The van der Waals surface area contributed by atoms with Gasteiger partial charge in [0.05, 0.1) is 19.0 Å². The lowest BCUT2D eigenvalue weighted by Gasteiger charge is -2.18. The van der Waals surface area contributed by atoms with Gasteiger partial charge in [-0.25, -0.2) is 0 Å². The molecule has 2 nitrogen and oxygen atoms in total. The van der Waals surface area contributed by atoms with E-state index in [0.717, 1.165) is 35.1 Å². The number of rotatable bonds is 3. The van der Waals surface area contributed by atoms with Crippen molar-refractivity contribution in [1.29, 1.82) is 0 Å². The minimum atomic E-state index is -0.415. The van der Waals surface area contributed by atoms with Crippen molar-refractivity contribution in [2.45, 2.75) is 25.4 Å². The highest BCUT2D eigenvalue weighted by Gasteiger charge is 2.14. The van der Waals surface area contributed by atoms with Crippen molar-refractivity contribution >= 4 is 15.9 Å². The Labute approximate surface area is 104 Å². The molecule has 2 rings (SSSR count). The molecule has 1 unspecified atom stereocenters. The average Bonchev–Trinajstić information content (AvgIpc) is 2.33. The molecule has 0 spiro atoms. The lowest BCUT2D eigenvalue weighted by atomic mass is 9.98. The third-order valence-corrected chi connectivity index (χ3v) is 3.26. The summed E-state index contributed by atoms with van der Waals surface area (Å²) in [5.41, 5.74) is 2.15. The second-order valence-corrected chi connectivity index (χ2v) is 4.93. The molecule has 1 aromatic carbocycles. The van der Waals surface area contributed by atoms with Gasteiger partial charge in [0.1, 0.15) is 0 Å². The van der Waals surface area contributed by atoms with Crippen LogP contribution in [0.4, 0.5) is 0 Å². The molecule has 16 heavy (non-hydrogen) atoms. The van der Waals surface area contributed by atoms with Crippen LogP contribution in [-0.4, -0.2) is 17.8 Å². The third-order valence-electron chi connectivity index (χ3n) is 2.73. The smallest absolute Gasteiger partial charge is 0.0876 e. The minimum absolute atomic E-state index is 0.415. The molecule has 1 aromatic rings. The van der Waals surface area contributed by atoms with Crippen LogP contribution in [0.1, 0.15) is 18.4 Å². The molecular formula is C13H15BrO2. The number of ether oxygens (including phenoxy) is 1. The molecule has 1 aliphatic heterocycles. The lowest BCUT2D eigenvalue weighted by molar-refractivity contribution is 0.169. The van der Waals surface area contributed by atoms with Gasteiger partial charge < -0.3 is 9.84 Å². The Balaban J connectivity index is 1.98. The summed E-state index contributed by atoms with van der Waals surface area (Å²) in [7, 11) is 0. The highest BCUT2D eigenvalue weighted by atomic mass is 79.9. The highest BCUT2D eigenvalue weighted by Crippen LogP contribution is 2.19. The van der Waals surface area contributed by atoms with Crippen molar-refractivity contribution in [2.24, 2.45) is 0 Å². The Kier molecular flexibility index (Phi) is 4.02.